The Hall–Kier alpha value is -1.43. The zero-order valence-electron chi connectivity index (χ0n) is 8.21. The Morgan fingerprint density at radius 1 is 1.25 bits per heavy atom. The standard InChI is InChI=1S/C8H10AsNO6/c1-4(11)10-6-3-2-5(9(14,15)16)7(12)8(6)13/h2-3,12-13H,1H3,(H,10,11)(H2,14,15,16). The van der Waals surface area contributed by atoms with E-state index < -0.39 is 35.9 Å². The molecule has 8 heteroatoms. The molecule has 0 radical (unpaired) electrons. The molecule has 0 aliphatic carbocycles. The zero-order valence-corrected chi connectivity index (χ0v) is 10.1. The van der Waals surface area contributed by atoms with Gasteiger partial charge in [-0.25, -0.2) is 0 Å². The first-order valence-electron chi connectivity index (χ1n) is 4.12. The summed E-state index contributed by atoms with van der Waals surface area (Å²) in [5, 5.41) is 20.9. The Morgan fingerprint density at radius 3 is 2.25 bits per heavy atom. The molecule has 88 valence electrons. The minimum absolute atomic E-state index is 0.113. The van der Waals surface area contributed by atoms with Crippen LogP contribution in [0.3, 0.4) is 0 Å². The maximum atomic E-state index is 10.9. The van der Waals surface area contributed by atoms with Gasteiger partial charge in [-0.1, -0.05) is 0 Å². The second-order valence-electron chi connectivity index (χ2n) is 3.05. The van der Waals surface area contributed by atoms with Crippen LogP contribution in [0.25, 0.3) is 0 Å². The third-order valence-electron chi connectivity index (χ3n) is 1.75. The summed E-state index contributed by atoms with van der Waals surface area (Å²) in [5.74, 6) is -2.17. The number of benzene rings is 1. The molecule has 0 aliphatic rings. The first-order valence-corrected chi connectivity index (χ1v) is 7.50. The maximum absolute atomic E-state index is 10.9. The predicted octanol–water partition coefficient (Wildman–Crippen LogP) is -1.38. The normalized spacial score (nSPS) is 11.2. The molecule has 0 spiro atoms. The summed E-state index contributed by atoms with van der Waals surface area (Å²) in [5.41, 5.74) is -0.113. The molecule has 0 atom stereocenters. The van der Waals surface area contributed by atoms with Gasteiger partial charge in [0.15, 0.2) is 0 Å². The van der Waals surface area contributed by atoms with E-state index in [4.69, 9.17) is 8.19 Å². The molecule has 0 saturated heterocycles. The Morgan fingerprint density at radius 2 is 1.81 bits per heavy atom. The average Bonchev–Trinajstić information content (AvgIpc) is 2.10. The van der Waals surface area contributed by atoms with Crippen molar-refractivity contribution in [3.63, 3.8) is 0 Å². The van der Waals surface area contributed by atoms with E-state index in [-0.39, 0.29) is 5.69 Å². The van der Waals surface area contributed by atoms with Crippen molar-refractivity contribution in [3.05, 3.63) is 12.1 Å². The van der Waals surface area contributed by atoms with Gasteiger partial charge in [0, 0.05) is 0 Å². The van der Waals surface area contributed by atoms with Crippen LogP contribution in [-0.4, -0.2) is 38.5 Å². The van der Waals surface area contributed by atoms with E-state index in [2.05, 4.69) is 5.32 Å². The summed E-state index contributed by atoms with van der Waals surface area (Å²) < 4.78 is 28.1. The number of carbonyl (C=O) groups is 1. The molecule has 0 aliphatic heterocycles. The SMILES string of the molecule is CC(=O)Nc1ccc([As](=O)(O)O)c(O)c1O. The quantitative estimate of drug-likeness (QED) is 0.337. The molecular formula is C8H10AsNO6. The monoisotopic (exact) mass is 291 g/mol. The van der Waals surface area contributed by atoms with E-state index >= 15 is 0 Å². The third kappa shape index (κ3) is 2.57. The molecule has 1 rings (SSSR count). The van der Waals surface area contributed by atoms with Crippen LogP contribution in [0.15, 0.2) is 12.1 Å². The molecule has 16 heavy (non-hydrogen) atoms. The van der Waals surface area contributed by atoms with Crippen molar-refractivity contribution in [1.82, 2.24) is 0 Å². The van der Waals surface area contributed by atoms with E-state index in [0.717, 1.165) is 12.1 Å². The van der Waals surface area contributed by atoms with Crippen molar-refractivity contribution in [2.45, 2.75) is 6.92 Å². The van der Waals surface area contributed by atoms with Crippen LogP contribution in [0.4, 0.5) is 5.69 Å². The zero-order chi connectivity index (χ0) is 12.5. The number of rotatable bonds is 2. The van der Waals surface area contributed by atoms with Gasteiger partial charge in [0.1, 0.15) is 0 Å². The van der Waals surface area contributed by atoms with Gasteiger partial charge in [-0.2, -0.15) is 0 Å². The Bertz CT molecular complexity index is 480. The van der Waals surface area contributed by atoms with Crippen molar-refractivity contribution < 1.29 is 26.9 Å². The first-order chi connectivity index (χ1) is 7.23. The Balaban J connectivity index is 3.29. The fourth-order valence-electron chi connectivity index (χ4n) is 1.09. The molecule has 0 unspecified atom stereocenters. The van der Waals surface area contributed by atoms with E-state index in [1.165, 1.54) is 6.92 Å². The van der Waals surface area contributed by atoms with Crippen LogP contribution < -0.4 is 9.67 Å². The summed E-state index contributed by atoms with van der Waals surface area (Å²) in [7, 11) is 0. The van der Waals surface area contributed by atoms with E-state index in [0.29, 0.717) is 0 Å². The summed E-state index contributed by atoms with van der Waals surface area (Å²) >= 11 is -5.28. The summed E-state index contributed by atoms with van der Waals surface area (Å²) in [6, 6.07) is 2.06. The molecule has 1 aromatic rings. The van der Waals surface area contributed by atoms with E-state index in [1.54, 1.807) is 0 Å². The van der Waals surface area contributed by atoms with Crippen LogP contribution in [0.1, 0.15) is 6.92 Å². The molecule has 1 aromatic carbocycles. The molecule has 1 amide bonds. The van der Waals surface area contributed by atoms with Crippen molar-refractivity contribution >= 4 is 30.1 Å². The molecular weight excluding hydrogens is 281 g/mol. The van der Waals surface area contributed by atoms with Gasteiger partial charge in [0.05, 0.1) is 0 Å². The van der Waals surface area contributed by atoms with Crippen LogP contribution in [-0.2, 0) is 8.53 Å². The topological polar surface area (TPSA) is 127 Å². The Kier molecular flexibility index (Phi) is 3.32. The number of nitrogens with one attached hydrogen (secondary N) is 1. The van der Waals surface area contributed by atoms with Crippen LogP contribution in [0.2, 0.25) is 0 Å². The third-order valence-corrected chi connectivity index (χ3v) is 3.83. The fraction of sp³-hybridized carbons (Fsp3) is 0.125. The summed E-state index contributed by atoms with van der Waals surface area (Å²) in [6.07, 6.45) is 0. The van der Waals surface area contributed by atoms with Crippen molar-refractivity contribution in [1.29, 1.82) is 0 Å². The second kappa shape index (κ2) is 4.21. The molecule has 0 aromatic heterocycles. The number of anilines is 1. The van der Waals surface area contributed by atoms with Crippen molar-refractivity contribution in [2.24, 2.45) is 0 Å². The van der Waals surface area contributed by atoms with Crippen LogP contribution >= 0.6 is 0 Å². The minimum atomic E-state index is -5.28. The summed E-state index contributed by atoms with van der Waals surface area (Å²) in [4.78, 5) is 10.7. The van der Waals surface area contributed by atoms with Crippen molar-refractivity contribution in [2.75, 3.05) is 5.32 Å². The molecule has 0 saturated carbocycles. The van der Waals surface area contributed by atoms with Gasteiger partial charge >= 0.3 is 92.9 Å². The molecule has 0 bridgehead atoms. The molecule has 7 nitrogen and oxygen atoms in total. The van der Waals surface area contributed by atoms with E-state index in [9.17, 15) is 18.7 Å². The van der Waals surface area contributed by atoms with Crippen LogP contribution in [0, 0.1) is 0 Å². The average molecular weight is 291 g/mol. The number of aromatic hydroxyl groups is 2. The van der Waals surface area contributed by atoms with Gasteiger partial charge in [0.25, 0.3) is 0 Å². The number of phenolic OH excluding ortho intramolecular Hbond substituents is 2. The molecule has 0 fully saturated rings. The number of amides is 1. The van der Waals surface area contributed by atoms with Gasteiger partial charge in [-0.15, -0.1) is 0 Å². The van der Waals surface area contributed by atoms with E-state index in [1.807, 2.05) is 0 Å². The van der Waals surface area contributed by atoms with Crippen molar-refractivity contribution in [3.8, 4) is 11.5 Å². The van der Waals surface area contributed by atoms with Gasteiger partial charge in [-0.3, -0.25) is 0 Å². The molecule has 5 N–H and O–H groups in total. The fourth-order valence-corrected chi connectivity index (χ4v) is 2.46. The number of carbonyl (C=O) groups excluding carboxylic acids is 1. The summed E-state index contributed by atoms with van der Waals surface area (Å²) in [6.45, 7) is 1.19. The number of phenols is 2. The van der Waals surface area contributed by atoms with Crippen LogP contribution in [0.5, 0.6) is 11.5 Å². The molecule has 0 heterocycles. The second-order valence-corrected chi connectivity index (χ2v) is 6.35. The number of hydrogen-bond acceptors (Lipinski definition) is 4. The first kappa shape index (κ1) is 12.6. The van der Waals surface area contributed by atoms with Gasteiger partial charge in [-0.05, 0) is 0 Å². The Labute approximate surface area is 93.3 Å². The van der Waals surface area contributed by atoms with Gasteiger partial charge < -0.3 is 0 Å². The number of hydrogen-bond donors (Lipinski definition) is 5. The predicted molar refractivity (Wildman–Crippen MR) is 54.6 cm³/mol. The van der Waals surface area contributed by atoms with Gasteiger partial charge in [0.2, 0.25) is 0 Å².